The van der Waals surface area contributed by atoms with Gasteiger partial charge in [-0.1, -0.05) is 6.07 Å². The number of ether oxygens (including phenoxy) is 3. The van der Waals surface area contributed by atoms with Crippen molar-refractivity contribution in [3.63, 3.8) is 0 Å². The van der Waals surface area contributed by atoms with E-state index in [1.807, 2.05) is 28.7 Å². The van der Waals surface area contributed by atoms with Gasteiger partial charge in [0.2, 0.25) is 10.0 Å². The lowest BCUT2D eigenvalue weighted by atomic mass is 10.1. The topological polar surface area (TPSA) is 73.9 Å². The predicted molar refractivity (Wildman–Crippen MR) is 102 cm³/mol. The lowest BCUT2D eigenvalue weighted by Gasteiger charge is -2.21. The summed E-state index contributed by atoms with van der Waals surface area (Å²) in [7, 11) is -2.11. The molecule has 0 saturated carbocycles. The van der Waals surface area contributed by atoms with E-state index < -0.39 is 16.1 Å². The van der Waals surface area contributed by atoms with Gasteiger partial charge in [-0.25, -0.2) is 13.1 Å². The number of benzene rings is 2. The van der Waals surface area contributed by atoms with Crippen molar-refractivity contribution in [3.05, 3.63) is 45.5 Å². The monoisotopic (exact) mass is 475 g/mol. The molecule has 0 saturated heterocycles. The van der Waals surface area contributed by atoms with Crippen LogP contribution in [-0.2, 0) is 10.0 Å². The zero-order valence-electron chi connectivity index (χ0n) is 13.8. The van der Waals surface area contributed by atoms with E-state index in [1.165, 1.54) is 6.07 Å². The van der Waals surface area contributed by atoms with Crippen LogP contribution in [0.1, 0.15) is 18.5 Å². The number of nitrogens with one attached hydrogen (secondary N) is 1. The largest absolute Gasteiger partial charge is 0.496 e. The van der Waals surface area contributed by atoms with Crippen LogP contribution in [0.5, 0.6) is 17.2 Å². The molecule has 1 aliphatic rings. The fraction of sp³-hybridized carbons (Fsp3) is 0.294. The average molecular weight is 475 g/mol. The van der Waals surface area contributed by atoms with Crippen LogP contribution in [0.2, 0.25) is 0 Å². The molecular weight excluding hydrogens is 457 g/mol. The van der Waals surface area contributed by atoms with Crippen LogP contribution < -0.4 is 18.9 Å². The second kappa shape index (κ2) is 7.38. The van der Waals surface area contributed by atoms with Gasteiger partial charge in [0, 0.05) is 6.04 Å². The zero-order chi connectivity index (χ0) is 18.0. The lowest BCUT2D eigenvalue weighted by molar-refractivity contribution is 0.171. The first-order chi connectivity index (χ1) is 11.9. The molecule has 134 valence electrons. The summed E-state index contributed by atoms with van der Waals surface area (Å²) < 4.78 is 44.9. The third kappa shape index (κ3) is 4.01. The maximum atomic E-state index is 12.6. The first-order valence-electron chi connectivity index (χ1n) is 7.66. The van der Waals surface area contributed by atoms with Crippen molar-refractivity contribution in [3.8, 4) is 17.2 Å². The molecule has 0 aromatic heterocycles. The van der Waals surface area contributed by atoms with Crippen LogP contribution in [0, 0.1) is 3.57 Å². The molecule has 2 aromatic rings. The number of hydrogen-bond donors (Lipinski definition) is 1. The van der Waals surface area contributed by atoms with Crippen molar-refractivity contribution in [2.75, 3.05) is 20.3 Å². The van der Waals surface area contributed by atoms with Crippen LogP contribution in [0.15, 0.2) is 41.3 Å². The first-order valence-corrected chi connectivity index (χ1v) is 10.2. The summed E-state index contributed by atoms with van der Waals surface area (Å²) in [6.45, 7) is 2.79. The van der Waals surface area contributed by atoms with E-state index in [4.69, 9.17) is 14.2 Å². The highest BCUT2D eigenvalue weighted by atomic mass is 127. The molecule has 0 spiro atoms. The van der Waals surface area contributed by atoms with Crippen LogP contribution in [0.4, 0.5) is 0 Å². The maximum absolute atomic E-state index is 12.6. The molecule has 1 atom stereocenters. The summed E-state index contributed by atoms with van der Waals surface area (Å²) in [5.74, 6) is 1.95. The highest BCUT2D eigenvalue weighted by Crippen LogP contribution is 2.33. The fourth-order valence-electron chi connectivity index (χ4n) is 2.51. The minimum Gasteiger partial charge on any atom is -0.496 e. The molecule has 1 N–H and O–H groups in total. The molecule has 0 aliphatic carbocycles. The van der Waals surface area contributed by atoms with Gasteiger partial charge in [-0.2, -0.15) is 0 Å². The molecule has 8 heteroatoms. The van der Waals surface area contributed by atoms with Gasteiger partial charge >= 0.3 is 0 Å². The van der Waals surface area contributed by atoms with E-state index >= 15 is 0 Å². The molecule has 25 heavy (non-hydrogen) atoms. The van der Waals surface area contributed by atoms with Crippen molar-refractivity contribution in [1.29, 1.82) is 0 Å². The van der Waals surface area contributed by atoms with Crippen LogP contribution in [-0.4, -0.2) is 28.7 Å². The first kappa shape index (κ1) is 18.3. The van der Waals surface area contributed by atoms with Crippen LogP contribution in [0.3, 0.4) is 0 Å². The standard InChI is InChI=1S/C17H18INO5S/c1-11(12-3-5-16-17(9-12)24-8-7-23-16)19-25(20,21)13-4-6-15(22-2)14(18)10-13/h3-6,9-11,19H,7-8H2,1-2H3. The van der Waals surface area contributed by atoms with E-state index in [0.717, 1.165) is 9.13 Å². The van der Waals surface area contributed by atoms with Crippen molar-refractivity contribution >= 4 is 32.6 Å². The van der Waals surface area contributed by atoms with Gasteiger partial charge in [-0.3, -0.25) is 0 Å². The Bertz CT molecular complexity index is 885. The van der Waals surface area contributed by atoms with Gasteiger partial charge in [0.25, 0.3) is 0 Å². The summed E-state index contributed by atoms with van der Waals surface area (Å²) in [5.41, 5.74) is 0.802. The SMILES string of the molecule is COc1ccc(S(=O)(=O)NC(C)c2ccc3c(c2)OCCO3)cc1I. The highest BCUT2D eigenvalue weighted by Gasteiger charge is 2.21. The van der Waals surface area contributed by atoms with Crippen molar-refractivity contribution in [2.45, 2.75) is 17.9 Å². The Labute approximate surface area is 160 Å². The van der Waals surface area contributed by atoms with Crippen molar-refractivity contribution in [1.82, 2.24) is 4.72 Å². The van der Waals surface area contributed by atoms with E-state index in [9.17, 15) is 8.42 Å². The van der Waals surface area contributed by atoms with Crippen LogP contribution in [0.25, 0.3) is 0 Å². The van der Waals surface area contributed by atoms with Gasteiger partial charge in [0.05, 0.1) is 15.6 Å². The number of halogens is 1. The predicted octanol–water partition coefficient (Wildman–Crippen LogP) is 3.11. The highest BCUT2D eigenvalue weighted by molar-refractivity contribution is 14.1. The van der Waals surface area contributed by atoms with Gasteiger partial charge in [-0.05, 0) is 65.4 Å². The number of methoxy groups -OCH3 is 1. The van der Waals surface area contributed by atoms with Gasteiger partial charge < -0.3 is 14.2 Å². The zero-order valence-corrected chi connectivity index (χ0v) is 16.8. The molecule has 0 fully saturated rings. The summed E-state index contributed by atoms with van der Waals surface area (Å²) in [4.78, 5) is 0.196. The molecule has 1 heterocycles. The Morgan fingerprint density at radius 2 is 1.84 bits per heavy atom. The number of fused-ring (bicyclic) bond motifs is 1. The van der Waals surface area contributed by atoms with E-state index in [1.54, 1.807) is 38.3 Å². The number of rotatable bonds is 5. The Hall–Kier alpha value is -1.52. The van der Waals surface area contributed by atoms with E-state index in [0.29, 0.717) is 30.5 Å². The second-order valence-electron chi connectivity index (χ2n) is 5.54. The van der Waals surface area contributed by atoms with Crippen LogP contribution >= 0.6 is 22.6 Å². The fourth-order valence-corrected chi connectivity index (χ4v) is 4.72. The minimum absolute atomic E-state index is 0.196. The Balaban J connectivity index is 1.81. The second-order valence-corrected chi connectivity index (χ2v) is 8.42. The summed E-state index contributed by atoms with van der Waals surface area (Å²) in [6.07, 6.45) is 0. The molecule has 6 nitrogen and oxygen atoms in total. The maximum Gasteiger partial charge on any atom is 0.241 e. The van der Waals surface area contributed by atoms with Gasteiger partial charge in [0.15, 0.2) is 11.5 Å². The summed E-state index contributed by atoms with van der Waals surface area (Å²) in [6, 6.07) is 9.77. The normalized spacial score (nSPS) is 14.8. The van der Waals surface area contributed by atoms with E-state index in [2.05, 4.69) is 4.72 Å². The molecule has 0 radical (unpaired) electrons. The lowest BCUT2D eigenvalue weighted by Crippen LogP contribution is -2.27. The Morgan fingerprint density at radius 1 is 1.12 bits per heavy atom. The molecule has 1 unspecified atom stereocenters. The molecule has 3 rings (SSSR count). The Kier molecular flexibility index (Phi) is 5.40. The summed E-state index contributed by atoms with van der Waals surface area (Å²) in [5, 5.41) is 0. The molecule has 2 aromatic carbocycles. The minimum atomic E-state index is -3.66. The third-order valence-corrected chi connectivity index (χ3v) is 6.21. The smallest absolute Gasteiger partial charge is 0.241 e. The summed E-state index contributed by atoms with van der Waals surface area (Å²) >= 11 is 2.05. The molecule has 0 bridgehead atoms. The van der Waals surface area contributed by atoms with Crippen molar-refractivity contribution < 1.29 is 22.6 Å². The third-order valence-electron chi connectivity index (χ3n) is 3.83. The Morgan fingerprint density at radius 3 is 2.52 bits per heavy atom. The van der Waals surface area contributed by atoms with Crippen molar-refractivity contribution in [2.24, 2.45) is 0 Å². The molecule has 1 aliphatic heterocycles. The molecule has 0 amide bonds. The van der Waals surface area contributed by atoms with Gasteiger partial charge in [0.1, 0.15) is 19.0 Å². The quantitative estimate of drug-likeness (QED) is 0.673. The number of hydrogen-bond acceptors (Lipinski definition) is 5. The average Bonchev–Trinajstić information content (AvgIpc) is 2.60. The number of sulfonamides is 1. The van der Waals surface area contributed by atoms with Gasteiger partial charge in [-0.15, -0.1) is 0 Å². The van der Waals surface area contributed by atoms with E-state index in [-0.39, 0.29) is 4.90 Å². The molecular formula is C17H18INO5S.